The summed E-state index contributed by atoms with van der Waals surface area (Å²) in [4.78, 5) is 10.9. The van der Waals surface area contributed by atoms with Crippen molar-refractivity contribution in [2.75, 3.05) is 0 Å². The molecule has 0 fully saturated rings. The van der Waals surface area contributed by atoms with E-state index in [2.05, 4.69) is 0 Å². The average molecular weight is 200 g/mol. The summed E-state index contributed by atoms with van der Waals surface area (Å²) < 4.78 is 0.803. The quantitative estimate of drug-likeness (QED) is 0.637. The van der Waals surface area contributed by atoms with Crippen LogP contribution in [0.5, 0.6) is 11.5 Å². The lowest BCUT2D eigenvalue weighted by Crippen LogP contribution is -1.73. The van der Waals surface area contributed by atoms with E-state index in [1.54, 1.807) is 0 Å². The van der Waals surface area contributed by atoms with Crippen LogP contribution >= 0.6 is 22.7 Å². The van der Waals surface area contributed by atoms with Crippen molar-refractivity contribution in [3.05, 3.63) is 21.0 Å². The van der Waals surface area contributed by atoms with Crippen molar-refractivity contribution < 1.29 is 10.2 Å². The Morgan fingerprint density at radius 1 is 1.00 bits per heavy atom. The van der Waals surface area contributed by atoms with Crippen molar-refractivity contribution in [2.45, 2.75) is 0 Å². The number of benzene rings is 1. The molecule has 0 unspecified atom stereocenters. The molecule has 0 saturated heterocycles. The summed E-state index contributed by atoms with van der Waals surface area (Å²) in [5.41, 5.74) is 0. The van der Waals surface area contributed by atoms with Gasteiger partial charge in [-0.1, -0.05) is 22.7 Å². The Hall–Kier alpha value is -1.07. The Morgan fingerprint density at radius 3 is 1.83 bits per heavy atom. The van der Waals surface area contributed by atoms with Gasteiger partial charge in [-0.05, 0) is 12.1 Å². The molecule has 2 rings (SSSR count). The highest BCUT2D eigenvalue weighted by Crippen LogP contribution is 2.35. The second kappa shape index (κ2) is 2.46. The molecule has 1 aromatic heterocycles. The highest BCUT2D eigenvalue weighted by molar-refractivity contribution is 7.36. The van der Waals surface area contributed by atoms with E-state index in [-0.39, 0.29) is 15.6 Å². The van der Waals surface area contributed by atoms with Gasteiger partial charge in [0.15, 0.2) is 0 Å². The molecule has 1 heterocycles. The normalized spacial score (nSPS) is 10.7. The van der Waals surface area contributed by atoms with Crippen LogP contribution in [0, 0.1) is 0 Å². The van der Waals surface area contributed by atoms with Gasteiger partial charge in [0.1, 0.15) is 11.5 Å². The van der Waals surface area contributed by atoms with Crippen LogP contribution in [0.1, 0.15) is 0 Å². The van der Waals surface area contributed by atoms with Gasteiger partial charge in [-0.3, -0.25) is 4.79 Å². The molecular weight excluding hydrogens is 196 g/mol. The first-order valence-electron chi connectivity index (χ1n) is 3.13. The number of hydrogen-bond acceptors (Lipinski definition) is 5. The lowest BCUT2D eigenvalue weighted by atomic mass is 10.3. The summed E-state index contributed by atoms with van der Waals surface area (Å²) in [6.45, 7) is 0. The smallest absolute Gasteiger partial charge is 0.288 e. The van der Waals surface area contributed by atoms with E-state index in [0.717, 1.165) is 22.7 Å². The molecule has 0 spiro atoms. The van der Waals surface area contributed by atoms with Crippen molar-refractivity contribution in [1.82, 2.24) is 0 Å². The average Bonchev–Trinajstić information content (AvgIpc) is 2.41. The van der Waals surface area contributed by atoms with Gasteiger partial charge in [0, 0.05) is 0 Å². The minimum absolute atomic E-state index is 0.0474. The zero-order valence-electron chi connectivity index (χ0n) is 5.77. The van der Waals surface area contributed by atoms with Crippen LogP contribution in [0.3, 0.4) is 0 Å². The second-order valence-corrected chi connectivity index (χ2v) is 4.44. The molecule has 0 atom stereocenters. The third-order valence-electron chi connectivity index (χ3n) is 1.44. The molecule has 0 amide bonds. The van der Waals surface area contributed by atoms with E-state index in [1.165, 1.54) is 12.1 Å². The molecule has 0 aliphatic heterocycles. The molecule has 0 aliphatic carbocycles. The first-order chi connectivity index (χ1) is 5.68. The van der Waals surface area contributed by atoms with Gasteiger partial charge in [-0.15, -0.1) is 0 Å². The third-order valence-corrected chi connectivity index (χ3v) is 3.64. The van der Waals surface area contributed by atoms with E-state index >= 15 is 0 Å². The predicted octanol–water partition coefficient (Wildman–Crippen LogP) is 1.73. The molecular formula is C7H4O3S2. The fourth-order valence-electron chi connectivity index (χ4n) is 0.927. The maximum absolute atomic E-state index is 10.9. The number of rotatable bonds is 0. The molecule has 12 heavy (non-hydrogen) atoms. The summed E-state index contributed by atoms with van der Waals surface area (Å²) in [6.07, 6.45) is 0. The minimum Gasteiger partial charge on any atom is -0.506 e. The van der Waals surface area contributed by atoms with Gasteiger partial charge in [0.2, 0.25) is 0 Å². The monoisotopic (exact) mass is 200 g/mol. The molecule has 0 aliphatic rings. The first kappa shape index (κ1) is 7.57. The fourth-order valence-corrected chi connectivity index (χ4v) is 2.92. The summed E-state index contributed by atoms with van der Waals surface area (Å²) in [5, 5.41) is 18.6. The fraction of sp³-hybridized carbons (Fsp3) is 0. The number of hydrogen-bond donors (Lipinski definition) is 2. The van der Waals surface area contributed by atoms with Gasteiger partial charge in [-0.25, -0.2) is 0 Å². The van der Waals surface area contributed by atoms with Gasteiger partial charge in [0.05, 0.1) is 9.40 Å². The van der Waals surface area contributed by atoms with Crippen molar-refractivity contribution in [3.8, 4) is 11.5 Å². The Balaban J connectivity index is 3.03. The van der Waals surface area contributed by atoms with Crippen molar-refractivity contribution in [1.29, 1.82) is 0 Å². The van der Waals surface area contributed by atoms with Crippen molar-refractivity contribution in [2.24, 2.45) is 0 Å². The maximum Gasteiger partial charge on any atom is 0.288 e. The van der Waals surface area contributed by atoms with E-state index < -0.39 is 0 Å². The van der Waals surface area contributed by atoms with Crippen LogP contribution in [0.2, 0.25) is 0 Å². The number of phenolic OH excluding ortho intramolecular Hbond substituents is 2. The topological polar surface area (TPSA) is 57.5 Å². The highest BCUT2D eigenvalue weighted by atomic mass is 32.2. The molecule has 0 radical (unpaired) electrons. The standard InChI is InChI=1S/C7H4O3S2/c8-3-1-2-4(9)6-5(3)11-7(10)12-6/h1-2,8-9H. The van der Waals surface area contributed by atoms with Crippen LogP contribution in [-0.2, 0) is 0 Å². The van der Waals surface area contributed by atoms with Crippen LogP contribution in [-0.4, -0.2) is 10.2 Å². The van der Waals surface area contributed by atoms with Crippen LogP contribution in [0.4, 0.5) is 0 Å². The molecule has 2 N–H and O–H groups in total. The van der Waals surface area contributed by atoms with Crippen LogP contribution < -0.4 is 4.06 Å². The van der Waals surface area contributed by atoms with Crippen molar-refractivity contribution >= 4 is 32.1 Å². The summed E-state index contributed by atoms with van der Waals surface area (Å²) in [7, 11) is 0. The molecule has 0 bridgehead atoms. The highest BCUT2D eigenvalue weighted by Gasteiger charge is 2.08. The Bertz CT molecular complexity index is 441. The lowest BCUT2D eigenvalue weighted by molar-refractivity contribution is 0.471. The zero-order chi connectivity index (χ0) is 8.72. The SMILES string of the molecule is O=c1sc2c(O)ccc(O)c2s1. The van der Waals surface area contributed by atoms with Gasteiger partial charge in [-0.2, -0.15) is 0 Å². The van der Waals surface area contributed by atoms with E-state index in [1.807, 2.05) is 0 Å². The third kappa shape index (κ3) is 0.981. The largest absolute Gasteiger partial charge is 0.506 e. The Labute approximate surface area is 75.2 Å². The first-order valence-corrected chi connectivity index (χ1v) is 4.76. The number of aromatic hydroxyl groups is 2. The Kier molecular flexibility index (Phi) is 1.55. The molecule has 3 nitrogen and oxygen atoms in total. The summed E-state index contributed by atoms with van der Waals surface area (Å²) in [6, 6.07) is 2.75. The number of fused-ring (bicyclic) bond motifs is 1. The van der Waals surface area contributed by atoms with Gasteiger partial charge < -0.3 is 10.2 Å². The van der Waals surface area contributed by atoms with E-state index in [4.69, 9.17) is 0 Å². The minimum atomic E-state index is -0.123. The zero-order valence-corrected chi connectivity index (χ0v) is 7.41. The number of phenols is 2. The Morgan fingerprint density at radius 2 is 1.42 bits per heavy atom. The molecule has 0 saturated carbocycles. The molecule has 5 heteroatoms. The van der Waals surface area contributed by atoms with Gasteiger partial charge in [0.25, 0.3) is 4.06 Å². The molecule has 62 valence electrons. The van der Waals surface area contributed by atoms with Crippen LogP contribution in [0.25, 0.3) is 9.40 Å². The lowest BCUT2D eigenvalue weighted by Gasteiger charge is -1.94. The predicted molar refractivity (Wildman–Crippen MR) is 49.3 cm³/mol. The van der Waals surface area contributed by atoms with Crippen LogP contribution in [0.15, 0.2) is 16.9 Å². The van der Waals surface area contributed by atoms with Crippen molar-refractivity contribution in [3.63, 3.8) is 0 Å². The van der Waals surface area contributed by atoms with Gasteiger partial charge >= 0.3 is 0 Å². The van der Waals surface area contributed by atoms with E-state index in [9.17, 15) is 15.0 Å². The summed E-state index contributed by atoms with van der Waals surface area (Å²) in [5.74, 6) is 0.0947. The summed E-state index contributed by atoms with van der Waals surface area (Å²) >= 11 is 1.89. The molecule has 1 aromatic carbocycles. The maximum atomic E-state index is 10.9. The second-order valence-electron chi connectivity index (χ2n) is 2.22. The van der Waals surface area contributed by atoms with E-state index in [0.29, 0.717) is 9.40 Å². The molecule has 2 aromatic rings.